The normalized spacial score (nSPS) is 10.1. The zero-order valence-electron chi connectivity index (χ0n) is 27.8. The Labute approximate surface area is 295 Å². The Balaban J connectivity index is 1.84. The maximum atomic E-state index is 13.7. The van der Waals surface area contributed by atoms with Gasteiger partial charge in [-0.1, -0.05) is 74.6 Å². The molecule has 0 saturated carbocycles. The third kappa shape index (κ3) is 9.87. The predicted molar refractivity (Wildman–Crippen MR) is 192 cm³/mol. The third-order valence-corrected chi connectivity index (χ3v) is 7.17. The highest BCUT2D eigenvalue weighted by Gasteiger charge is 2.23. The Morgan fingerprint density at radius 1 is 0.686 bits per heavy atom. The molecule has 0 radical (unpaired) electrons. The lowest BCUT2D eigenvalue weighted by atomic mass is 9.91. The van der Waals surface area contributed by atoms with E-state index >= 15 is 0 Å². The van der Waals surface area contributed by atoms with Gasteiger partial charge in [-0.3, -0.25) is 4.39 Å². The Morgan fingerprint density at radius 2 is 1.20 bits per heavy atom. The van der Waals surface area contributed by atoms with Crippen molar-refractivity contribution in [3.05, 3.63) is 146 Å². The highest BCUT2D eigenvalue weighted by Crippen LogP contribution is 2.41. The van der Waals surface area contributed by atoms with Crippen LogP contribution in [0.4, 0.5) is 4.39 Å². The molecule has 0 unspecified atom stereocenters. The predicted octanol–water partition coefficient (Wildman–Crippen LogP) is 8.08. The molecular formula is C42H33FO8. The summed E-state index contributed by atoms with van der Waals surface area (Å²) in [6, 6.07) is 22.2. The number of benzene rings is 4. The van der Waals surface area contributed by atoms with Crippen molar-refractivity contribution in [3.8, 4) is 57.1 Å². The van der Waals surface area contributed by atoms with Crippen molar-refractivity contribution in [3.63, 3.8) is 0 Å². The summed E-state index contributed by atoms with van der Waals surface area (Å²) in [5.41, 5.74) is 4.08. The molecule has 0 N–H and O–H groups in total. The Hall–Kier alpha value is -6.79. The van der Waals surface area contributed by atoms with E-state index in [-0.39, 0.29) is 41.2 Å². The van der Waals surface area contributed by atoms with Gasteiger partial charge in [0.15, 0.2) is 11.5 Å². The van der Waals surface area contributed by atoms with Crippen molar-refractivity contribution in [1.29, 1.82) is 0 Å². The van der Waals surface area contributed by atoms with Crippen molar-refractivity contribution in [2.24, 2.45) is 0 Å². The van der Waals surface area contributed by atoms with Gasteiger partial charge in [-0.25, -0.2) is 19.2 Å². The molecule has 0 aliphatic rings. The van der Waals surface area contributed by atoms with Crippen LogP contribution in [0.2, 0.25) is 0 Å². The first kappa shape index (κ1) is 37.0. The molecule has 4 rings (SSSR count). The van der Waals surface area contributed by atoms with E-state index in [1.807, 2.05) is 24.3 Å². The summed E-state index contributed by atoms with van der Waals surface area (Å²) in [6.45, 7) is 14.8. The van der Waals surface area contributed by atoms with Crippen LogP contribution in [0.5, 0.6) is 23.0 Å². The average molecular weight is 685 g/mol. The van der Waals surface area contributed by atoms with E-state index in [1.165, 1.54) is 6.92 Å². The summed E-state index contributed by atoms with van der Waals surface area (Å²) in [5.74, 6) is 3.78. The molecule has 0 aliphatic carbocycles. The molecule has 0 spiro atoms. The van der Waals surface area contributed by atoms with Crippen LogP contribution in [-0.2, 0) is 25.6 Å². The lowest BCUT2D eigenvalue weighted by Gasteiger charge is -2.19. The van der Waals surface area contributed by atoms with E-state index in [4.69, 9.17) is 18.9 Å². The molecule has 0 saturated heterocycles. The second-order valence-electron chi connectivity index (χ2n) is 10.8. The quantitative estimate of drug-likeness (QED) is 0.0603. The van der Waals surface area contributed by atoms with E-state index in [1.54, 1.807) is 54.6 Å². The molecular weight excluding hydrogens is 651 g/mol. The smallest absolute Gasteiger partial charge is 0.338 e. The summed E-state index contributed by atoms with van der Waals surface area (Å²) in [5, 5.41) is 0. The molecule has 0 aromatic heterocycles. The van der Waals surface area contributed by atoms with Crippen LogP contribution in [0.25, 0.3) is 22.3 Å². The minimum absolute atomic E-state index is 0.0223. The van der Waals surface area contributed by atoms with Gasteiger partial charge in [0.25, 0.3) is 0 Å². The molecule has 4 aromatic carbocycles. The minimum atomic E-state index is -0.807. The second kappa shape index (κ2) is 17.6. The highest BCUT2D eigenvalue weighted by molar-refractivity contribution is 5.90. The van der Waals surface area contributed by atoms with Gasteiger partial charge in [0.2, 0.25) is 0 Å². The number of halogens is 1. The van der Waals surface area contributed by atoms with E-state index in [2.05, 4.69) is 38.2 Å². The van der Waals surface area contributed by atoms with Crippen LogP contribution < -0.4 is 18.9 Å². The van der Waals surface area contributed by atoms with Crippen molar-refractivity contribution in [2.45, 2.75) is 19.8 Å². The number of hydrogen-bond donors (Lipinski definition) is 0. The zero-order valence-corrected chi connectivity index (χ0v) is 27.8. The Kier molecular flexibility index (Phi) is 12.8. The lowest BCUT2D eigenvalue weighted by Crippen LogP contribution is -2.12. The van der Waals surface area contributed by atoms with Gasteiger partial charge < -0.3 is 18.9 Å². The number of alkyl halides is 1. The fraction of sp³-hybridized carbons (Fsp3) is 0.0952. The molecule has 0 bridgehead atoms. The largest absolute Gasteiger partial charge is 0.423 e. The molecule has 51 heavy (non-hydrogen) atoms. The van der Waals surface area contributed by atoms with Gasteiger partial charge in [-0.15, -0.1) is 0 Å². The average Bonchev–Trinajstić information content (AvgIpc) is 3.14. The van der Waals surface area contributed by atoms with E-state index in [0.29, 0.717) is 28.0 Å². The third-order valence-electron chi connectivity index (χ3n) is 7.17. The Bertz CT molecular complexity index is 2060. The SMILES string of the molecule is C=CC(=O)Oc1ccc(-c2ccc(-c3cc(OC(=O)C=C)c(C#Cc4ccc(OC(=O)C(=C)C)cc4)c(OC(=O)C=C)c3CCCF)cc2)cc1. The van der Waals surface area contributed by atoms with Crippen LogP contribution in [0.15, 0.2) is 129 Å². The summed E-state index contributed by atoms with van der Waals surface area (Å²) in [7, 11) is 0. The van der Waals surface area contributed by atoms with Crippen LogP contribution >= 0.6 is 0 Å². The highest BCUT2D eigenvalue weighted by atomic mass is 19.1. The summed E-state index contributed by atoms with van der Waals surface area (Å²) in [6.07, 6.45) is 3.27. The monoisotopic (exact) mass is 684 g/mol. The van der Waals surface area contributed by atoms with Crippen LogP contribution in [0, 0.1) is 11.8 Å². The summed E-state index contributed by atoms with van der Waals surface area (Å²) < 4.78 is 35.4. The second-order valence-corrected chi connectivity index (χ2v) is 10.8. The fourth-order valence-corrected chi connectivity index (χ4v) is 4.68. The number of ether oxygens (including phenoxy) is 4. The van der Waals surface area contributed by atoms with Gasteiger partial charge in [0, 0.05) is 34.9 Å². The number of hydrogen-bond acceptors (Lipinski definition) is 8. The van der Waals surface area contributed by atoms with E-state index in [0.717, 1.165) is 29.4 Å². The van der Waals surface area contributed by atoms with Gasteiger partial charge in [-0.2, -0.15) is 0 Å². The lowest BCUT2D eigenvalue weighted by molar-refractivity contribution is -0.130. The van der Waals surface area contributed by atoms with Gasteiger partial charge in [-0.05, 0) is 84.5 Å². The number of esters is 4. The van der Waals surface area contributed by atoms with E-state index in [9.17, 15) is 23.6 Å². The maximum absolute atomic E-state index is 13.7. The topological polar surface area (TPSA) is 105 Å². The molecule has 8 nitrogen and oxygen atoms in total. The summed E-state index contributed by atoms with van der Waals surface area (Å²) >= 11 is 0. The van der Waals surface area contributed by atoms with Crippen molar-refractivity contribution in [1.82, 2.24) is 0 Å². The molecule has 0 heterocycles. The number of carbonyl (C=O) groups is 4. The standard InChI is InChI=1S/C42H33FO8/c1-6-38(44)48-32-22-18-30(19-23-32)29-14-16-31(17-15-29)36-26-37(50-39(45)7-2)35(41(51-40(46)8-3)34(36)10-9-25-43)24-13-28-11-20-33(21-12-28)49-42(47)27(4)5/h6-8,11-12,14-23,26H,1-4,9-10,25H2,5H3. The molecule has 9 heteroatoms. The van der Waals surface area contributed by atoms with E-state index < -0.39 is 30.6 Å². The summed E-state index contributed by atoms with van der Waals surface area (Å²) in [4.78, 5) is 48.6. The first-order chi connectivity index (χ1) is 24.6. The van der Waals surface area contributed by atoms with Crippen molar-refractivity contribution < 1.29 is 42.5 Å². The fourth-order valence-electron chi connectivity index (χ4n) is 4.68. The maximum Gasteiger partial charge on any atom is 0.338 e. The van der Waals surface area contributed by atoms with Crippen LogP contribution in [-0.4, -0.2) is 30.6 Å². The minimum Gasteiger partial charge on any atom is -0.423 e. The Morgan fingerprint density at radius 3 is 1.76 bits per heavy atom. The van der Waals surface area contributed by atoms with Crippen molar-refractivity contribution >= 4 is 23.9 Å². The zero-order chi connectivity index (χ0) is 36.9. The number of carbonyl (C=O) groups excluding carboxylic acids is 4. The molecule has 4 aromatic rings. The molecule has 256 valence electrons. The molecule has 0 fully saturated rings. The van der Waals surface area contributed by atoms with Gasteiger partial charge >= 0.3 is 23.9 Å². The number of rotatable bonds is 13. The van der Waals surface area contributed by atoms with Gasteiger partial charge in [0.1, 0.15) is 17.1 Å². The molecule has 0 atom stereocenters. The van der Waals surface area contributed by atoms with Crippen LogP contribution in [0.1, 0.15) is 30.0 Å². The molecule has 0 amide bonds. The van der Waals surface area contributed by atoms with Gasteiger partial charge in [0.05, 0.1) is 6.67 Å². The molecule has 0 aliphatic heterocycles. The van der Waals surface area contributed by atoms with Crippen molar-refractivity contribution in [2.75, 3.05) is 6.67 Å². The first-order valence-corrected chi connectivity index (χ1v) is 15.6. The van der Waals surface area contributed by atoms with Crippen LogP contribution in [0.3, 0.4) is 0 Å². The first-order valence-electron chi connectivity index (χ1n) is 15.6.